The van der Waals surface area contributed by atoms with Gasteiger partial charge in [-0.15, -0.1) is 0 Å². The summed E-state index contributed by atoms with van der Waals surface area (Å²) in [5.41, 5.74) is 1.49. The summed E-state index contributed by atoms with van der Waals surface area (Å²) in [5.74, 6) is -0.289. The minimum atomic E-state index is -0.449. The van der Waals surface area contributed by atoms with Crippen molar-refractivity contribution in [3.05, 3.63) is 59.4 Å². The highest BCUT2D eigenvalue weighted by Gasteiger charge is 2.36. The monoisotopic (exact) mass is 353 g/mol. The molecule has 1 aliphatic rings. The van der Waals surface area contributed by atoms with Crippen LogP contribution in [0.4, 0.5) is 0 Å². The fraction of sp³-hybridized carbons (Fsp3) is 0.263. The van der Waals surface area contributed by atoms with Crippen molar-refractivity contribution in [3.8, 4) is 5.75 Å². The number of aromatic nitrogens is 1. The standard InChI is InChI=1S/C19H19N3O4/c1-26-14-5-2-4-13(12-14)7-10-20-16(23)8-11-22-18(24)15-6-3-9-21-17(15)19(22)25/h2-6,9,12H,7-8,10-11H2,1H3,(H,20,23). The quantitative estimate of drug-likeness (QED) is 0.761. The molecule has 0 unspecified atom stereocenters. The van der Waals surface area contributed by atoms with Gasteiger partial charge in [-0.3, -0.25) is 24.3 Å². The molecule has 7 nitrogen and oxygen atoms in total. The maximum absolute atomic E-state index is 12.2. The fourth-order valence-corrected chi connectivity index (χ4v) is 2.79. The van der Waals surface area contributed by atoms with Crippen molar-refractivity contribution in [2.75, 3.05) is 20.2 Å². The SMILES string of the molecule is COc1cccc(CCNC(=O)CCN2C(=O)c3cccnc3C2=O)c1. The Morgan fingerprint density at radius 1 is 1.19 bits per heavy atom. The zero-order valence-electron chi connectivity index (χ0n) is 14.4. The van der Waals surface area contributed by atoms with Gasteiger partial charge in [-0.05, 0) is 36.2 Å². The molecule has 1 aromatic carbocycles. The lowest BCUT2D eigenvalue weighted by atomic mass is 10.1. The van der Waals surface area contributed by atoms with Crippen LogP contribution in [0.5, 0.6) is 5.75 Å². The minimum Gasteiger partial charge on any atom is -0.497 e. The van der Waals surface area contributed by atoms with E-state index < -0.39 is 11.8 Å². The van der Waals surface area contributed by atoms with Gasteiger partial charge in [0.1, 0.15) is 11.4 Å². The number of amides is 3. The second kappa shape index (κ2) is 7.77. The second-order valence-corrected chi connectivity index (χ2v) is 5.86. The number of carbonyl (C=O) groups excluding carboxylic acids is 3. The molecule has 134 valence electrons. The van der Waals surface area contributed by atoms with Gasteiger partial charge in [-0.25, -0.2) is 0 Å². The lowest BCUT2D eigenvalue weighted by Crippen LogP contribution is -2.35. The number of nitrogens with one attached hydrogen (secondary N) is 1. The lowest BCUT2D eigenvalue weighted by molar-refractivity contribution is -0.121. The molecule has 0 radical (unpaired) electrons. The molecule has 1 aliphatic heterocycles. The Balaban J connectivity index is 1.46. The Kier molecular flexibility index (Phi) is 5.26. The molecule has 0 saturated carbocycles. The van der Waals surface area contributed by atoms with E-state index in [9.17, 15) is 14.4 Å². The molecule has 0 bridgehead atoms. The summed E-state index contributed by atoms with van der Waals surface area (Å²) in [5, 5.41) is 2.80. The molecule has 0 aliphatic carbocycles. The van der Waals surface area contributed by atoms with E-state index in [0.29, 0.717) is 13.0 Å². The van der Waals surface area contributed by atoms with Gasteiger partial charge in [-0.2, -0.15) is 0 Å². The third-order valence-electron chi connectivity index (χ3n) is 4.16. The van der Waals surface area contributed by atoms with Crippen molar-refractivity contribution < 1.29 is 19.1 Å². The van der Waals surface area contributed by atoms with Crippen molar-refractivity contribution in [3.63, 3.8) is 0 Å². The van der Waals surface area contributed by atoms with Crippen molar-refractivity contribution >= 4 is 17.7 Å². The summed E-state index contributed by atoms with van der Waals surface area (Å²) in [4.78, 5) is 41.4. The number of methoxy groups -OCH3 is 1. The number of benzene rings is 1. The molecule has 0 atom stereocenters. The van der Waals surface area contributed by atoms with Crippen LogP contribution in [0.2, 0.25) is 0 Å². The first-order valence-electron chi connectivity index (χ1n) is 8.31. The lowest BCUT2D eigenvalue weighted by Gasteiger charge is -2.13. The zero-order chi connectivity index (χ0) is 18.5. The molecule has 1 aromatic heterocycles. The van der Waals surface area contributed by atoms with Crippen LogP contribution in [-0.4, -0.2) is 47.8 Å². The third-order valence-corrected chi connectivity index (χ3v) is 4.16. The Morgan fingerprint density at radius 2 is 2.04 bits per heavy atom. The van der Waals surface area contributed by atoms with E-state index in [0.717, 1.165) is 16.2 Å². The number of hydrogen-bond donors (Lipinski definition) is 1. The summed E-state index contributed by atoms with van der Waals surface area (Å²) in [6.45, 7) is 0.509. The van der Waals surface area contributed by atoms with Gasteiger partial charge in [0.25, 0.3) is 11.8 Å². The second-order valence-electron chi connectivity index (χ2n) is 5.86. The number of nitrogens with zero attached hydrogens (tertiary/aromatic N) is 2. The van der Waals surface area contributed by atoms with Crippen LogP contribution in [0.3, 0.4) is 0 Å². The highest BCUT2D eigenvalue weighted by atomic mass is 16.5. The molecule has 0 saturated heterocycles. The molecule has 0 spiro atoms. The van der Waals surface area contributed by atoms with Crippen molar-refractivity contribution in [2.45, 2.75) is 12.8 Å². The number of pyridine rings is 1. The van der Waals surface area contributed by atoms with Crippen LogP contribution in [0.1, 0.15) is 32.8 Å². The molecule has 3 rings (SSSR count). The molecular formula is C19H19N3O4. The van der Waals surface area contributed by atoms with E-state index in [-0.39, 0.29) is 30.1 Å². The largest absolute Gasteiger partial charge is 0.497 e. The maximum atomic E-state index is 12.2. The van der Waals surface area contributed by atoms with Crippen LogP contribution in [0.25, 0.3) is 0 Å². The van der Waals surface area contributed by atoms with Gasteiger partial charge in [0, 0.05) is 25.7 Å². The van der Waals surface area contributed by atoms with Crippen molar-refractivity contribution in [2.24, 2.45) is 0 Å². The average Bonchev–Trinajstić information content (AvgIpc) is 2.91. The Hall–Kier alpha value is -3.22. The molecule has 3 amide bonds. The maximum Gasteiger partial charge on any atom is 0.280 e. The zero-order valence-corrected chi connectivity index (χ0v) is 14.4. The van der Waals surface area contributed by atoms with Crippen LogP contribution in [0, 0.1) is 0 Å². The summed E-state index contributed by atoms with van der Waals surface area (Å²) in [6, 6.07) is 10.8. The van der Waals surface area contributed by atoms with Crippen LogP contribution in [0.15, 0.2) is 42.6 Å². The van der Waals surface area contributed by atoms with Gasteiger partial charge in [0.2, 0.25) is 5.91 Å². The molecule has 7 heteroatoms. The average molecular weight is 353 g/mol. The highest BCUT2D eigenvalue weighted by molar-refractivity contribution is 6.20. The minimum absolute atomic E-state index is 0.0407. The predicted octanol–water partition coefficient (Wildman–Crippen LogP) is 1.44. The number of imide groups is 1. The molecule has 1 N–H and O–H groups in total. The summed E-state index contributed by atoms with van der Waals surface area (Å²) in [6.07, 6.45) is 2.20. The molecule has 2 heterocycles. The van der Waals surface area contributed by atoms with E-state index in [1.54, 1.807) is 19.2 Å². The summed E-state index contributed by atoms with van der Waals surface area (Å²) >= 11 is 0. The topological polar surface area (TPSA) is 88.6 Å². The van der Waals surface area contributed by atoms with Crippen LogP contribution >= 0.6 is 0 Å². The first kappa shape index (κ1) is 17.6. The molecule has 2 aromatic rings. The number of fused-ring (bicyclic) bond motifs is 1. The van der Waals surface area contributed by atoms with E-state index >= 15 is 0 Å². The number of rotatable bonds is 7. The summed E-state index contributed by atoms with van der Waals surface area (Å²) in [7, 11) is 1.61. The fourth-order valence-electron chi connectivity index (χ4n) is 2.79. The molecule has 0 fully saturated rings. The van der Waals surface area contributed by atoms with Gasteiger partial charge in [0.15, 0.2) is 0 Å². The van der Waals surface area contributed by atoms with E-state index in [4.69, 9.17) is 4.74 Å². The van der Waals surface area contributed by atoms with E-state index in [1.807, 2.05) is 24.3 Å². The first-order valence-corrected chi connectivity index (χ1v) is 8.31. The third kappa shape index (κ3) is 3.72. The van der Waals surface area contributed by atoms with Gasteiger partial charge >= 0.3 is 0 Å². The van der Waals surface area contributed by atoms with Crippen LogP contribution < -0.4 is 10.1 Å². The smallest absolute Gasteiger partial charge is 0.280 e. The van der Waals surface area contributed by atoms with Crippen LogP contribution in [-0.2, 0) is 11.2 Å². The van der Waals surface area contributed by atoms with Crippen molar-refractivity contribution in [1.82, 2.24) is 15.2 Å². The van der Waals surface area contributed by atoms with E-state index in [1.165, 1.54) is 6.20 Å². The van der Waals surface area contributed by atoms with Gasteiger partial charge in [-0.1, -0.05) is 12.1 Å². The van der Waals surface area contributed by atoms with Crippen molar-refractivity contribution in [1.29, 1.82) is 0 Å². The molecular weight excluding hydrogens is 334 g/mol. The Labute approximate surface area is 151 Å². The van der Waals surface area contributed by atoms with Gasteiger partial charge < -0.3 is 10.1 Å². The normalized spacial score (nSPS) is 12.9. The predicted molar refractivity (Wildman–Crippen MR) is 93.9 cm³/mol. The molecule has 26 heavy (non-hydrogen) atoms. The van der Waals surface area contributed by atoms with Gasteiger partial charge in [0.05, 0.1) is 12.7 Å². The summed E-state index contributed by atoms with van der Waals surface area (Å²) < 4.78 is 5.16. The number of hydrogen-bond acceptors (Lipinski definition) is 5. The highest BCUT2D eigenvalue weighted by Crippen LogP contribution is 2.20. The Morgan fingerprint density at radius 3 is 2.81 bits per heavy atom. The number of ether oxygens (including phenoxy) is 1. The number of carbonyl (C=O) groups is 3. The van der Waals surface area contributed by atoms with E-state index in [2.05, 4.69) is 10.3 Å². The Bertz CT molecular complexity index is 815. The first-order chi connectivity index (χ1) is 12.6.